The zero-order valence-electron chi connectivity index (χ0n) is 38.5. The van der Waals surface area contributed by atoms with Gasteiger partial charge >= 0.3 is 16.4 Å². The predicted octanol–water partition coefficient (Wildman–Crippen LogP) is 10.8. The average Bonchev–Trinajstić information content (AvgIpc) is 3.23. The molecule has 0 aromatic heterocycles. The van der Waals surface area contributed by atoms with Gasteiger partial charge in [-0.1, -0.05) is 186 Å². The topological polar surface area (TPSA) is 178 Å². The Kier molecular flexibility index (Phi) is 37.9. The second-order valence-electron chi connectivity index (χ2n) is 17.1. The first kappa shape index (κ1) is 57.6. The largest absolute Gasteiger partial charge is 0.457 e. The number of carbonyl (C=O) groups excluding carboxylic acids is 1. The zero-order chi connectivity index (χ0) is 44.7. The van der Waals surface area contributed by atoms with Crippen LogP contribution in [0.3, 0.4) is 0 Å². The van der Waals surface area contributed by atoms with E-state index in [0.717, 1.165) is 57.8 Å². The molecule has 1 aliphatic rings. The molecular formula is C48H90O12S. The zero-order valence-corrected chi connectivity index (χ0v) is 39.3. The van der Waals surface area contributed by atoms with Crippen LogP contribution < -0.4 is 0 Å². The summed E-state index contributed by atoms with van der Waals surface area (Å²) >= 11 is 0. The number of unbranched alkanes of at least 4 members (excludes halogenated alkanes) is 26. The van der Waals surface area contributed by atoms with E-state index in [1.807, 2.05) is 0 Å². The molecule has 0 aliphatic carbocycles. The Bertz CT molecular complexity index is 1170. The van der Waals surface area contributed by atoms with Crippen LogP contribution >= 0.6 is 0 Å². The summed E-state index contributed by atoms with van der Waals surface area (Å²) < 4.78 is 59.2. The van der Waals surface area contributed by atoms with Gasteiger partial charge in [0.1, 0.15) is 30.5 Å². The van der Waals surface area contributed by atoms with Crippen molar-refractivity contribution in [1.29, 1.82) is 0 Å². The molecule has 0 saturated carbocycles. The smallest absolute Gasteiger partial charge is 0.397 e. The molecular weight excluding hydrogens is 801 g/mol. The lowest BCUT2D eigenvalue weighted by atomic mass is 9.99. The third-order valence-corrected chi connectivity index (χ3v) is 11.8. The van der Waals surface area contributed by atoms with Gasteiger partial charge < -0.3 is 34.3 Å². The predicted molar refractivity (Wildman–Crippen MR) is 244 cm³/mol. The molecule has 0 aromatic carbocycles. The maximum absolute atomic E-state index is 12.9. The van der Waals surface area contributed by atoms with E-state index in [-0.39, 0.29) is 19.6 Å². The van der Waals surface area contributed by atoms with Crippen molar-refractivity contribution in [3.63, 3.8) is 0 Å². The number of aliphatic hydroxyl groups is 3. The first-order chi connectivity index (χ1) is 29.6. The second kappa shape index (κ2) is 40.1. The Morgan fingerprint density at radius 1 is 0.623 bits per heavy atom. The van der Waals surface area contributed by atoms with Gasteiger partial charge in [0.05, 0.1) is 19.8 Å². The first-order valence-corrected chi connectivity index (χ1v) is 26.0. The lowest BCUT2D eigenvalue weighted by molar-refractivity contribution is -0.301. The third-order valence-electron chi connectivity index (χ3n) is 11.3. The van der Waals surface area contributed by atoms with Gasteiger partial charge in [-0.3, -0.25) is 9.35 Å². The maximum Gasteiger partial charge on any atom is 0.397 e. The molecule has 4 N–H and O–H groups in total. The molecule has 1 aliphatic heterocycles. The Balaban J connectivity index is 2.39. The summed E-state index contributed by atoms with van der Waals surface area (Å²) in [7, 11) is -5.06. The summed E-state index contributed by atoms with van der Waals surface area (Å²) in [5, 5.41) is 30.7. The monoisotopic (exact) mass is 891 g/mol. The first-order valence-electron chi connectivity index (χ1n) is 24.6. The van der Waals surface area contributed by atoms with E-state index in [2.05, 4.69) is 42.3 Å². The number of aliphatic hydroxyl groups excluding tert-OH is 3. The van der Waals surface area contributed by atoms with Crippen LogP contribution in [0.25, 0.3) is 0 Å². The Morgan fingerprint density at radius 3 is 1.59 bits per heavy atom. The van der Waals surface area contributed by atoms with Gasteiger partial charge in [-0.2, -0.15) is 8.42 Å². The van der Waals surface area contributed by atoms with Crippen LogP contribution in [-0.2, 0) is 38.3 Å². The van der Waals surface area contributed by atoms with Gasteiger partial charge in [-0.25, -0.2) is 4.18 Å². The van der Waals surface area contributed by atoms with Gasteiger partial charge in [-0.15, -0.1) is 0 Å². The van der Waals surface area contributed by atoms with Crippen LogP contribution in [0, 0.1) is 0 Å². The van der Waals surface area contributed by atoms with Crippen molar-refractivity contribution in [2.75, 3.05) is 26.4 Å². The molecule has 0 bridgehead atoms. The minimum atomic E-state index is -5.06. The molecule has 0 radical (unpaired) electrons. The van der Waals surface area contributed by atoms with Crippen molar-refractivity contribution < 1.29 is 56.2 Å². The van der Waals surface area contributed by atoms with Crippen molar-refractivity contribution in [2.24, 2.45) is 0 Å². The third kappa shape index (κ3) is 33.7. The molecule has 13 heteroatoms. The summed E-state index contributed by atoms with van der Waals surface area (Å²) in [5.74, 6) is -0.399. The normalized spacial score (nSPS) is 20.3. The molecule has 12 nitrogen and oxygen atoms in total. The number of ether oxygens (including phenoxy) is 4. The Hall–Kier alpha value is -1.42. The van der Waals surface area contributed by atoms with E-state index < -0.39 is 59.8 Å². The fourth-order valence-corrected chi connectivity index (χ4v) is 8.09. The number of hydrogen-bond donors (Lipinski definition) is 4. The fraction of sp³-hybridized carbons (Fsp3) is 0.896. The van der Waals surface area contributed by atoms with Gasteiger partial charge in [0.15, 0.2) is 6.29 Å². The summed E-state index contributed by atoms with van der Waals surface area (Å²) in [5.41, 5.74) is 0. The number of hydrogen-bond acceptors (Lipinski definition) is 11. The molecule has 1 heterocycles. The molecule has 0 amide bonds. The minimum absolute atomic E-state index is 0.0327. The van der Waals surface area contributed by atoms with E-state index >= 15 is 0 Å². The molecule has 0 aromatic rings. The lowest BCUT2D eigenvalue weighted by Gasteiger charge is -2.41. The van der Waals surface area contributed by atoms with Crippen molar-refractivity contribution in [2.45, 2.75) is 250 Å². The van der Waals surface area contributed by atoms with Crippen LogP contribution in [0.15, 0.2) is 24.3 Å². The summed E-state index contributed by atoms with van der Waals surface area (Å²) in [6.07, 6.45) is 36.3. The molecule has 360 valence electrons. The van der Waals surface area contributed by atoms with Gasteiger partial charge in [0.25, 0.3) is 0 Å². The Morgan fingerprint density at radius 2 is 1.08 bits per heavy atom. The Labute approximate surface area is 371 Å². The highest BCUT2D eigenvalue weighted by Gasteiger charge is 2.48. The van der Waals surface area contributed by atoms with Gasteiger partial charge in [0, 0.05) is 13.0 Å². The van der Waals surface area contributed by atoms with E-state index in [4.69, 9.17) is 18.9 Å². The van der Waals surface area contributed by atoms with Crippen molar-refractivity contribution in [1.82, 2.24) is 0 Å². The highest BCUT2D eigenvalue weighted by molar-refractivity contribution is 7.80. The molecule has 1 rings (SSSR count). The highest BCUT2D eigenvalue weighted by Crippen LogP contribution is 2.26. The van der Waals surface area contributed by atoms with Crippen molar-refractivity contribution in [3.8, 4) is 0 Å². The quantitative estimate of drug-likeness (QED) is 0.0197. The summed E-state index contributed by atoms with van der Waals surface area (Å²) in [6, 6.07) is 0. The van der Waals surface area contributed by atoms with Crippen LogP contribution in [0.4, 0.5) is 0 Å². The van der Waals surface area contributed by atoms with Crippen LogP contribution in [0.1, 0.15) is 213 Å². The summed E-state index contributed by atoms with van der Waals surface area (Å²) in [4.78, 5) is 12.9. The lowest BCUT2D eigenvalue weighted by Crippen LogP contribution is -2.60. The standard InChI is InChI=1S/C48H90O12S/c1-3-5-7-9-11-13-15-17-19-21-22-23-25-27-29-31-33-35-37-44(50)58-42(41-57-48-46(52)47(60-61(53,54)55)45(51)43(39-49)59-48)40-56-38-36-34-32-30-28-26-24-20-18-16-14-12-10-8-6-4-2/h12,14,18,20,42-43,45-49,51-52H,3-11,13,15-17,19,21-41H2,1-2H3,(H,53,54,55)/b14-12-,20-18-. The van der Waals surface area contributed by atoms with Crippen LogP contribution in [0.5, 0.6) is 0 Å². The maximum atomic E-state index is 12.9. The molecule has 0 spiro atoms. The minimum Gasteiger partial charge on any atom is -0.457 e. The SMILES string of the molecule is CCCCC/C=C\C/C=C\CCCCCCCCOCC(COC1OC(CO)C(O)C(OS(=O)(=O)O)C1O)OC(=O)CCCCCCCCCCCCCCCCCCCC. The molecule has 1 fully saturated rings. The number of allylic oxidation sites excluding steroid dienone is 4. The van der Waals surface area contributed by atoms with E-state index in [9.17, 15) is 33.1 Å². The highest BCUT2D eigenvalue weighted by atomic mass is 32.3. The van der Waals surface area contributed by atoms with E-state index in [0.29, 0.717) is 13.0 Å². The number of carbonyl (C=O) groups is 1. The van der Waals surface area contributed by atoms with Gasteiger partial charge in [-0.05, 0) is 44.9 Å². The van der Waals surface area contributed by atoms with Crippen LogP contribution in [0.2, 0.25) is 0 Å². The van der Waals surface area contributed by atoms with Crippen molar-refractivity contribution >= 4 is 16.4 Å². The second-order valence-corrected chi connectivity index (χ2v) is 18.1. The average molecular weight is 891 g/mol. The fourth-order valence-electron chi connectivity index (χ4n) is 7.59. The van der Waals surface area contributed by atoms with E-state index in [1.165, 1.54) is 128 Å². The van der Waals surface area contributed by atoms with Crippen LogP contribution in [-0.4, -0.2) is 97.5 Å². The number of esters is 1. The summed E-state index contributed by atoms with van der Waals surface area (Å²) in [6.45, 7) is 3.97. The molecule has 6 unspecified atom stereocenters. The molecule has 61 heavy (non-hydrogen) atoms. The van der Waals surface area contributed by atoms with Crippen molar-refractivity contribution in [3.05, 3.63) is 24.3 Å². The number of rotatable bonds is 43. The van der Waals surface area contributed by atoms with Gasteiger partial charge in [0.2, 0.25) is 0 Å². The molecule has 6 atom stereocenters. The van der Waals surface area contributed by atoms with E-state index in [1.54, 1.807) is 0 Å². The molecule has 1 saturated heterocycles.